The Morgan fingerprint density at radius 3 is 2.74 bits per heavy atom. The third-order valence-corrected chi connectivity index (χ3v) is 3.87. The molecule has 1 unspecified atom stereocenters. The fourth-order valence-electron chi connectivity index (χ4n) is 2.36. The first kappa shape index (κ1) is 13.6. The molecule has 0 saturated heterocycles. The van der Waals surface area contributed by atoms with E-state index < -0.39 is 5.41 Å². The lowest BCUT2D eigenvalue weighted by atomic mass is 9.81. The number of nitriles is 1. The second-order valence-corrected chi connectivity index (χ2v) is 5.65. The molecule has 1 aliphatic rings. The van der Waals surface area contributed by atoms with Crippen molar-refractivity contribution in [3.05, 3.63) is 29.3 Å². The Labute approximate surface area is 113 Å². The highest BCUT2D eigenvalue weighted by atomic mass is 16.2. The number of hydrogen-bond donors (Lipinski definition) is 1. The number of carbonyl (C=O) groups excluding carboxylic acids is 1. The molecule has 0 bridgehead atoms. The van der Waals surface area contributed by atoms with E-state index in [9.17, 15) is 4.79 Å². The van der Waals surface area contributed by atoms with Crippen LogP contribution in [0.4, 0.5) is 5.69 Å². The van der Waals surface area contributed by atoms with E-state index in [2.05, 4.69) is 6.07 Å². The van der Waals surface area contributed by atoms with Crippen LogP contribution in [0.3, 0.4) is 0 Å². The summed E-state index contributed by atoms with van der Waals surface area (Å²) in [5, 5.41) is 9.16. The van der Waals surface area contributed by atoms with Gasteiger partial charge in [-0.05, 0) is 37.5 Å². The van der Waals surface area contributed by atoms with Gasteiger partial charge in [-0.2, -0.15) is 5.26 Å². The molecule has 1 heterocycles. The summed E-state index contributed by atoms with van der Waals surface area (Å²) in [5.74, 6) is 0.141. The lowest BCUT2D eigenvalue weighted by molar-refractivity contribution is -0.118. The first-order chi connectivity index (χ1) is 8.86. The summed E-state index contributed by atoms with van der Waals surface area (Å²) in [6, 6.07) is 7.79. The van der Waals surface area contributed by atoms with Crippen molar-refractivity contribution >= 4 is 11.6 Å². The Morgan fingerprint density at radius 2 is 2.11 bits per heavy atom. The summed E-state index contributed by atoms with van der Waals surface area (Å²) in [7, 11) is 1.79. The van der Waals surface area contributed by atoms with E-state index in [1.807, 2.05) is 32.0 Å². The SMILES string of the molecule is CN1C(=O)CCc2cc(C(N)C(C)(C)C#N)ccc21. The molecule has 1 aromatic carbocycles. The maximum Gasteiger partial charge on any atom is 0.227 e. The van der Waals surface area contributed by atoms with E-state index in [1.165, 1.54) is 0 Å². The Bertz CT molecular complexity index is 557. The Hall–Kier alpha value is -1.86. The first-order valence-corrected chi connectivity index (χ1v) is 6.43. The topological polar surface area (TPSA) is 70.1 Å². The van der Waals surface area contributed by atoms with Crippen molar-refractivity contribution in [2.24, 2.45) is 11.1 Å². The molecule has 2 N–H and O–H groups in total. The van der Waals surface area contributed by atoms with E-state index in [-0.39, 0.29) is 11.9 Å². The number of benzene rings is 1. The Kier molecular flexibility index (Phi) is 3.34. The van der Waals surface area contributed by atoms with Gasteiger partial charge < -0.3 is 10.6 Å². The van der Waals surface area contributed by atoms with Crippen LogP contribution in [0.1, 0.15) is 37.4 Å². The van der Waals surface area contributed by atoms with Crippen molar-refractivity contribution in [3.8, 4) is 6.07 Å². The quantitative estimate of drug-likeness (QED) is 0.882. The van der Waals surface area contributed by atoms with Gasteiger partial charge in [-0.1, -0.05) is 12.1 Å². The molecule has 2 rings (SSSR count). The number of hydrogen-bond acceptors (Lipinski definition) is 3. The molecule has 1 aliphatic heterocycles. The van der Waals surface area contributed by atoms with E-state index in [4.69, 9.17) is 11.0 Å². The number of aryl methyl sites for hydroxylation is 1. The van der Waals surface area contributed by atoms with Gasteiger partial charge in [-0.3, -0.25) is 4.79 Å². The molecule has 0 aromatic heterocycles. The van der Waals surface area contributed by atoms with Crippen molar-refractivity contribution in [1.29, 1.82) is 5.26 Å². The molecule has 4 heteroatoms. The predicted octanol–water partition coefficient (Wildman–Crippen LogP) is 2.15. The van der Waals surface area contributed by atoms with Gasteiger partial charge in [0, 0.05) is 25.2 Å². The largest absolute Gasteiger partial charge is 0.323 e. The molecule has 4 nitrogen and oxygen atoms in total. The molecular formula is C15H19N3O. The van der Waals surface area contributed by atoms with Crippen molar-refractivity contribution < 1.29 is 4.79 Å². The highest BCUT2D eigenvalue weighted by Gasteiger charge is 2.29. The number of anilines is 1. The van der Waals surface area contributed by atoms with Crippen LogP contribution in [0, 0.1) is 16.7 Å². The zero-order valence-electron chi connectivity index (χ0n) is 11.6. The number of carbonyl (C=O) groups is 1. The highest BCUT2D eigenvalue weighted by molar-refractivity contribution is 5.95. The van der Waals surface area contributed by atoms with Crippen LogP contribution in [-0.4, -0.2) is 13.0 Å². The molecule has 19 heavy (non-hydrogen) atoms. The molecular weight excluding hydrogens is 238 g/mol. The zero-order chi connectivity index (χ0) is 14.2. The van der Waals surface area contributed by atoms with Gasteiger partial charge in [0.15, 0.2) is 0 Å². The summed E-state index contributed by atoms with van der Waals surface area (Å²) >= 11 is 0. The fourth-order valence-corrected chi connectivity index (χ4v) is 2.36. The predicted molar refractivity (Wildman–Crippen MR) is 74.5 cm³/mol. The van der Waals surface area contributed by atoms with Gasteiger partial charge in [0.2, 0.25) is 5.91 Å². The van der Waals surface area contributed by atoms with Gasteiger partial charge >= 0.3 is 0 Å². The number of nitrogens with two attached hydrogens (primary N) is 1. The second kappa shape index (κ2) is 4.67. The van der Waals surface area contributed by atoms with Gasteiger partial charge in [0.1, 0.15) is 0 Å². The maximum absolute atomic E-state index is 11.6. The van der Waals surface area contributed by atoms with Crippen molar-refractivity contribution in [1.82, 2.24) is 0 Å². The van der Waals surface area contributed by atoms with Gasteiger partial charge in [-0.25, -0.2) is 0 Å². The zero-order valence-corrected chi connectivity index (χ0v) is 11.6. The lowest BCUT2D eigenvalue weighted by Crippen LogP contribution is -2.32. The van der Waals surface area contributed by atoms with Crippen LogP contribution >= 0.6 is 0 Å². The lowest BCUT2D eigenvalue weighted by Gasteiger charge is -2.29. The number of nitrogens with zero attached hydrogens (tertiary/aromatic N) is 2. The van der Waals surface area contributed by atoms with Crippen LogP contribution in [-0.2, 0) is 11.2 Å². The van der Waals surface area contributed by atoms with E-state index in [1.54, 1.807) is 11.9 Å². The van der Waals surface area contributed by atoms with Crippen LogP contribution in [0.2, 0.25) is 0 Å². The summed E-state index contributed by atoms with van der Waals surface area (Å²) in [6.45, 7) is 3.68. The molecule has 0 fully saturated rings. The van der Waals surface area contributed by atoms with Crippen LogP contribution in [0.5, 0.6) is 0 Å². The third kappa shape index (κ3) is 2.34. The standard InChI is InChI=1S/C15H19N3O/c1-15(2,9-16)14(17)11-4-6-12-10(8-11)5-7-13(19)18(12)3/h4,6,8,14H,5,7,17H2,1-3H3. The molecule has 1 amide bonds. The van der Waals surface area contributed by atoms with Gasteiger partial charge in [-0.15, -0.1) is 0 Å². The highest BCUT2D eigenvalue weighted by Crippen LogP contribution is 2.34. The monoisotopic (exact) mass is 257 g/mol. The van der Waals surface area contributed by atoms with E-state index in [0.29, 0.717) is 6.42 Å². The minimum absolute atomic E-state index is 0.141. The summed E-state index contributed by atoms with van der Waals surface area (Å²) in [4.78, 5) is 13.3. The first-order valence-electron chi connectivity index (χ1n) is 6.43. The fraction of sp³-hybridized carbons (Fsp3) is 0.467. The van der Waals surface area contributed by atoms with Crippen LogP contribution in [0.15, 0.2) is 18.2 Å². The molecule has 0 aliphatic carbocycles. The molecule has 1 aromatic rings. The van der Waals surface area contributed by atoms with Crippen LogP contribution < -0.4 is 10.6 Å². The number of rotatable bonds is 2. The third-order valence-electron chi connectivity index (χ3n) is 3.87. The summed E-state index contributed by atoms with van der Waals surface area (Å²) in [6.07, 6.45) is 1.27. The summed E-state index contributed by atoms with van der Waals surface area (Å²) < 4.78 is 0. The molecule has 0 radical (unpaired) electrons. The van der Waals surface area contributed by atoms with Gasteiger partial charge in [0.05, 0.1) is 11.5 Å². The Balaban J connectivity index is 2.38. The van der Waals surface area contributed by atoms with Crippen molar-refractivity contribution in [2.45, 2.75) is 32.7 Å². The number of fused-ring (bicyclic) bond motifs is 1. The average Bonchev–Trinajstić information content (AvgIpc) is 2.41. The van der Waals surface area contributed by atoms with Gasteiger partial charge in [0.25, 0.3) is 0 Å². The van der Waals surface area contributed by atoms with Crippen LogP contribution in [0.25, 0.3) is 0 Å². The molecule has 1 atom stereocenters. The molecule has 0 saturated carbocycles. The number of amides is 1. The molecule has 100 valence electrons. The van der Waals surface area contributed by atoms with E-state index in [0.717, 1.165) is 23.2 Å². The maximum atomic E-state index is 11.6. The van der Waals surface area contributed by atoms with Crippen molar-refractivity contribution in [3.63, 3.8) is 0 Å². The van der Waals surface area contributed by atoms with Crippen molar-refractivity contribution in [2.75, 3.05) is 11.9 Å². The Morgan fingerprint density at radius 1 is 1.42 bits per heavy atom. The minimum Gasteiger partial charge on any atom is -0.323 e. The summed E-state index contributed by atoms with van der Waals surface area (Å²) in [5.41, 5.74) is 8.60. The van der Waals surface area contributed by atoms with E-state index >= 15 is 0 Å². The minimum atomic E-state index is -0.607. The molecule has 0 spiro atoms. The average molecular weight is 257 g/mol. The smallest absolute Gasteiger partial charge is 0.227 e. The second-order valence-electron chi connectivity index (χ2n) is 5.65. The normalized spacial score (nSPS) is 16.8.